The van der Waals surface area contributed by atoms with Crippen molar-refractivity contribution in [2.75, 3.05) is 5.32 Å². The van der Waals surface area contributed by atoms with Crippen molar-refractivity contribution in [3.05, 3.63) is 82.7 Å². The Kier molecular flexibility index (Phi) is 8.33. The van der Waals surface area contributed by atoms with Gasteiger partial charge in [0.15, 0.2) is 5.69 Å². The van der Waals surface area contributed by atoms with E-state index in [2.05, 4.69) is 20.9 Å². The summed E-state index contributed by atoms with van der Waals surface area (Å²) >= 11 is 0. The second-order valence-corrected chi connectivity index (χ2v) is 7.97. The van der Waals surface area contributed by atoms with Crippen molar-refractivity contribution >= 4 is 23.6 Å². The van der Waals surface area contributed by atoms with Crippen molar-refractivity contribution in [2.24, 2.45) is 0 Å². The first kappa shape index (κ1) is 27.0. The zero-order chi connectivity index (χ0) is 27.2. The topological polar surface area (TPSA) is 130 Å². The van der Waals surface area contributed by atoms with Gasteiger partial charge in [0.25, 0.3) is 0 Å². The lowest BCUT2D eigenvalue weighted by Gasteiger charge is -2.16. The standard InChI is InChI=1S/C25H23F3N4O5/c1-14-9-16(3-6-22(14)37-19-7-8-29-21(11-19)23(34)35)12-31-24(36)32-20-10-18(25(26,27)28)5-4-17(20)13-30-15(2)33/h3-11H,12-13H2,1-2H3,(H,30,33)(H,34,35)(H2,31,32,36). The molecule has 9 nitrogen and oxygen atoms in total. The fourth-order valence-electron chi connectivity index (χ4n) is 3.25. The molecule has 0 fully saturated rings. The maximum absolute atomic E-state index is 13.1. The molecule has 1 aromatic heterocycles. The molecule has 37 heavy (non-hydrogen) atoms. The van der Waals surface area contributed by atoms with Crippen molar-refractivity contribution < 1.29 is 37.4 Å². The number of ether oxygens (including phenoxy) is 1. The lowest BCUT2D eigenvalue weighted by molar-refractivity contribution is -0.137. The fraction of sp³-hybridized carbons (Fsp3) is 0.200. The molecule has 0 saturated carbocycles. The number of aryl methyl sites for hydroxylation is 1. The number of carbonyl (C=O) groups excluding carboxylic acids is 2. The monoisotopic (exact) mass is 516 g/mol. The summed E-state index contributed by atoms with van der Waals surface area (Å²) in [6, 6.07) is 10.00. The molecule has 1 heterocycles. The Bertz CT molecular complexity index is 1330. The van der Waals surface area contributed by atoms with E-state index in [0.29, 0.717) is 22.4 Å². The van der Waals surface area contributed by atoms with Gasteiger partial charge in [-0.2, -0.15) is 13.2 Å². The minimum atomic E-state index is -4.60. The van der Waals surface area contributed by atoms with Crippen LogP contribution in [-0.4, -0.2) is 28.0 Å². The Morgan fingerprint density at radius 2 is 1.76 bits per heavy atom. The van der Waals surface area contributed by atoms with E-state index in [4.69, 9.17) is 9.84 Å². The number of hydrogen-bond donors (Lipinski definition) is 4. The van der Waals surface area contributed by atoms with Crippen LogP contribution >= 0.6 is 0 Å². The number of rotatable bonds is 8. The molecule has 0 radical (unpaired) electrons. The highest BCUT2D eigenvalue weighted by molar-refractivity contribution is 5.90. The number of nitrogens with one attached hydrogen (secondary N) is 3. The molecule has 0 atom stereocenters. The maximum Gasteiger partial charge on any atom is 0.416 e. The highest BCUT2D eigenvalue weighted by Crippen LogP contribution is 2.32. The minimum absolute atomic E-state index is 0.0603. The molecule has 3 amide bonds. The van der Waals surface area contributed by atoms with Crippen LogP contribution in [0.4, 0.5) is 23.7 Å². The molecule has 0 aliphatic heterocycles. The summed E-state index contributed by atoms with van der Waals surface area (Å²) in [6.07, 6.45) is -3.29. The fourth-order valence-corrected chi connectivity index (χ4v) is 3.25. The molecule has 194 valence electrons. The lowest BCUT2D eigenvalue weighted by atomic mass is 10.1. The quantitative estimate of drug-likeness (QED) is 0.339. The van der Waals surface area contributed by atoms with Crippen LogP contribution in [0.3, 0.4) is 0 Å². The molecular weight excluding hydrogens is 493 g/mol. The van der Waals surface area contributed by atoms with Crippen LogP contribution in [0.2, 0.25) is 0 Å². The Morgan fingerprint density at radius 1 is 1.00 bits per heavy atom. The van der Waals surface area contributed by atoms with Crippen LogP contribution in [0.1, 0.15) is 39.7 Å². The maximum atomic E-state index is 13.1. The zero-order valence-corrected chi connectivity index (χ0v) is 19.8. The highest BCUT2D eigenvalue weighted by atomic mass is 19.4. The number of carboxylic acid groups (broad SMARTS) is 1. The predicted molar refractivity (Wildman–Crippen MR) is 127 cm³/mol. The van der Waals surface area contributed by atoms with Gasteiger partial charge in [-0.15, -0.1) is 0 Å². The number of anilines is 1. The number of amides is 3. The molecule has 0 bridgehead atoms. The largest absolute Gasteiger partial charge is 0.477 e. The van der Waals surface area contributed by atoms with E-state index in [0.717, 1.165) is 12.1 Å². The Hall–Kier alpha value is -4.61. The van der Waals surface area contributed by atoms with E-state index < -0.39 is 23.7 Å². The number of carboxylic acids is 1. The van der Waals surface area contributed by atoms with Crippen LogP contribution in [-0.2, 0) is 24.1 Å². The first-order chi connectivity index (χ1) is 17.4. The van der Waals surface area contributed by atoms with Gasteiger partial charge in [-0.3, -0.25) is 4.79 Å². The Balaban J connectivity index is 1.66. The third kappa shape index (κ3) is 7.69. The average Bonchev–Trinajstić information content (AvgIpc) is 2.83. The Labute approximate surface area is 209 Å². The number of hydrogen-bond acceptors (Lipinski definition) is 5. The van der Waals surface area contributed by atoms with Gasteiger partial charge in [0.1, 0.15) is 11.5 Å². The van der Waals surface area contributed by atoms with Crippen LogP contribution in [0.25, 0.3) is 0 Å². The number of urea groups is 1. The third-order valence-corrected chi connectivity index (χ3v) is 5.08. The van der Waals surface area contributed by atoms with Crippen molar-refractivity contribution in [3.63, 3.8) is 0 Å². The first-order valence-corrected chi connectivity index (χ1v) is 10.9. The minimum Gasteiger partial charge on any atom is -0.477 e. The molecule has 0 saturated heterocycles. The van der Waals surface area contributed by atoms with E-state index >= 15 is 0 Å². The summed E-state index contributed by atoms with van der Waals surface area (Å²) < 4.78 is 45.2. The van der Waals surface area contributed by atoms with Gasteiger partial charge >= 0.3 is 18.2 Å². The Morgan fingerprint density at radius 3 is 2.41 bits per heavy atom. The molecule has 3 rings (SSSR count). The molecule has 0 unspecified atom stereocenters. The van der Waals surface area contributed by atoms with Gasteiger partial charge in [0.05, 0.1) is 5.56 Å². The van der Waals surface area contributed by atoms with Gasteiger partial charge in [-0.05, 0) is 47.9 Å². The number of carbonyl (C=O) groups is 3. The number of nitrogens with zero attached hydrogens (tertiary/aromatic N) is 1. The summed E-state index contributed by atoms with van der Waals surface area (Å²) in [6.45, 7) is 3.03. The van der Waals surface area contributed by atoms with Crippen molar-refractivity contribution in [2.45, 2.75) is 33.1 Å². The summed E-state index contributed by atoms with van der Waals surface area (Å²) in [5, 5.41) is 16.5. The van der Waals surface area contributed by atoms with Gasteiger partial charge in [0.2, 0.25) is 5.91 Å². The molecule has 2 aromatic carbocycles. The zero-order valence-electron chi connectivity index (χ0n) is 19.8. The third-order valence-electron chi connectivity index (χ3n) is 5.08. The number of aromatic carboxylic acids is 1. The second kappa shape index (κ2) is 11.4. The normalized spacial score (nSPS) is 10.9. The van der Waals surface area contributed by atoms with Crippen LogP contribution < -0.4 is 20.7 Å². The number of halogens is 3. The molecule has 0 aliphatic rings. The van der Waals surface area contributed by atoms with E-state index in [1.165, 1.54) is 31.3 Å². The lowest BCUT2D eigenvalue weighted by Crippen LogP contribution is -2.29. The van der Waals surface area contributed by atoms with Crippen LogP contribution in [0, 0.1) is 6.92 Å². The predicted octanol–water partition coefficient (Wildman–Crippen LogP) is 4.86. The molecule has 0 spiro atoms. The summed E-state index contributed by atoms with van der Waals surface area (Å²) in [5.74, 6) is -0.808. The number of pyridine rings is 1. The molecule has 12 heteroatoms. The SMILES string of the molecule is CC(=O)NCc1ccc(C(F)(F)F)cc1NC(=O)NCc1ccc(Oc2ccnc(C(=O)O)c2)c(C)c1. The van der Waals surface area contributed by atoms with Crippen LogP contribution in [0.5, 0.6) is 11.5 Å². The summed E-state index contributed by atoms with van der Waals surface area (Å²) in [7, 11) is 0. The molecule has 0 aliphatic carbocycles. The number of alkyl halides is 3. The second-order valence-electron chi connectivity index (χ2n) is 7.97. The van der Waals surface area contributed by atoms with E-state index in [1.807, 2.05) is 0 Å². The smallest absolute Gasteiger partial charge is 0.416 e. The average molecular weight is 516 g/mol. The molecule has 4 N–H and O–H groups in total. The van der Waals surface area contributed by atoms with Crippen molar-refractivity contribution in [3.8, 4) is 11.5 Å². The van der Waals surface area contributed by atoms with E-state index in [9.17, 15) is 27.6 Å². The van der Waals surface area contributed by atoms with Gasteiger partial charge < -0.3 is 25.8 Å². The molecule has 3 aromatic rings. The van der Waals surface area contributed by atoms with Gasteiger partial charge in [0, 0.05) is 38.0 Å². The van der Waals surface area contributed by atoms with Gasteiger partial charge in [-0.1, -0.05) is 18.2 Å². The molecular formula is C25H23F3N4O5. The highest BCUT2D eigenvalue weighted by Gasteiger charge is 2.31. The van der Waals surface area contributed by atoms with Crippen LogP contribution in [0.15, 0.2) is 54.7 Å². The number of aromatic nitrogens is 1. The van der Waals surface area contributed by atoms with Crippen molar-refractivity contribution in [1.29, 1.82) is 0 Å². The summed E-state index contributed by atoms with van der Waals surface area (Å²) in [4.78, 5) is 38.5. The van der Waals surface area contributed by atoms with E-state index in [1.54, 1.807) is 25.1 Å². The number of benzene rings is 2. The first-order valence-electron chi connectivity index (χ1n) is 10.9. The van der Waals surface area contributed by atoms with Gasteiger partial charge in [-0.25, -0.2) is 14.6 Å². The van der Waals surface area contributed by atoms with Crippen molar-refractivity contribution in [1.82, 2.24) is 15.6 Å². The van der Waals surface area contributed by atoms with E-state index in [-0.39, 0.29) is 36.1 Å². The summed E-state index contributed by atoms with van der Waals surface area (Å²) in [5.41, 5.74) is 0.498.